The van der Waals surface area contributed by atoms with Gasteiger partial charge < -0.3 is 15.5 Å². The zero-order chi connectivity index (χ0) is 18.7. The standard InChI is InChI=1S/C20H22N6O/c1-10(2)19-25-15(16-18(21)23-6-7-26(16)19)14-8-11-4-5-12(9-13(11)24-14)17-20(22-3)27-17/h4-10,17,20,22,24H,1-3H3,(H2,21,23). The van der Waals surface area contributed by atoms with Gasteiger partial charge in [0, 0.05) is 29.2 Å². The van der Waals surface area contributed by atoms with Gasteiger partial charge in [0.05, 0.1) is 5.69 Å². The molecular weight excluding hydrogens is 340 g/mol. The van der Waals surface area contributed by atoms with Gasteiger partial charge in [-0.2, -0.15) is 0 Å². The first-order chi connectivity index (χ1) is 13.1. The van der Waals surface area contributed by atoms with E-state index in [1.165, 1.54) is 0 Å². The maximum Gasteiger partial charge on any atom is 0.150 e. The van der Waals surface area contributed by atoms with Gasteiger partial charge in [0.1, 0.15) is 35.2 Å². The fourth-order valence-electron chi connectivity index (χ4n) is 3.72. The molecule has 0 saturated carbocycles. The lowest BCUT2D eigenvalue weighted by molar-refractivity contribution is 0.356. The number of nitrogen functional groups attached to an aromatic ring is 1. The summed E-state index contributed by atoms with van der Waals surface area (Å²) in [5, 5.41) is 4.27. The second kappa shape index (κ2) is 5.80. The fraction of sp³-hybridized carbons (Fsp3) is 0.300. The van der Waals surface area contributed by atoms with Gasteiger partial charge in [-0.1, -0.05) is 26.0 Å². The van der Waals surface area contributed by atoms with Gasteiger partial charge in [0.2, 0.25) is 0 Å². The summed E-state index contributed by atoms with van der Waals surface area (Å²) in [6.07, 6.45) is 3.85. The van der Waals surface area contributed by atoms with E-state index in [1.807, 2.05) is 17.6 Å². The minimum Gasteiger partial charge on any atom is -0.382 e. The Morgan fingerprint density at radius 3 is 2.89 bits per heavy atom. The number of nitrogens with zero attached hydrogens (tertiary/aromatic N) is 3. The monoisotopic (exact) mass is 362 g/mol. The number of nitrogens with one attached hydrogen (secondary N) is 2. The molecule has 4 N–H and O–H groups in total. The summed E-state index contributed by atoms with van der Waals surface area (Å²) in [6.45, 7) is 4.25. The Labute approximate surface area is 156 Å². The number of aromatic nitrogens is 4. The van der Waals surface area contributed by atoms with Gasteiger partial charge in [-0.3, -0.25) is 9.72 Å². The summed E-state index contributed by atoms with van der Waals surface area (Å²) in [5.41, 5.74) is 11.0. The van der Waals surface area contributed by atoms with E-state index < -0.39 is 0 Å². The van der Waals surface area contributed by atoms with E-state index in [0.29, 0.717) is 5.82 Å². The average molecular weight is 362 g/mol. The highest BCUT2D eigenvalue weighted by Gasteiger charge is 2.38. The van der Waals surface area contributed by atoms with Crippen LogP contribution in [0.1, 0.15) is 37.3 Å². The molecule has 0 amide bonds. The maximum atomic E-state index is 6.20. The fourth-order valence-corrected chi connectivity index (χ4v) is 3.72. The van der Waals surface area contributed by atoms with E-state index in [0.717, 1.165) is 39.2 Å². The summed E-state index contributed by atoms with van der Waals surface area (Å²) >= 11 is 0. The number of nitrogens with two attached hydrogens (primary N) is 1. The quantitative estimate of drug-likeness (QED) is 0.485. The van der Waals surface area contributed by atoms with Gasteiger partial charge in [0.25, 0.3) is 0 Å². The predicted octanol–water partition coefficient (Wildman–Crippen LogP) is 3.20. The molecule has 27 heavy (non-hydrogen) atoms. The summed E-state index contributed by atoms with van der Waals surface area (Å²) < 4.78 is 7.67. The SMILES string of the molecule is CNC1OC1c1ccc2cc(-c3nc(C(C)C)n4ccnc(N)c34)[nH]c2c1. The smallest absolute Gasteiger partial charge is 0.150 e. The van der Waals surface area contributed by atoms with Crippen LogP contribution in [0.25, 0.3) is 27.8 Å². The van der Waals surface area contributed by atoms with Crippen molar-refractivity contribution in [3.63, 3.8) is 0 Å². The Bertz CT molecular complexity index is 1160. The molecule has 1 saturated heterocycles. The molecule has 7 nitrogen and oxygen atoms in total. The van der Waals surface area contributed by atoms with Crippen molar-refractivity contribution >= 4 is 22.2 Å². The van der Waals surface area contributed by atoms with Crippen molar-refractivity contribution < 1.29 is 4.74 Å². The zero-order valence-corrected chi connectivity index (χ0v) is 15.5. The molecule has 5 rings (SSSR count). The van der Waals surface area contributed by atoms with Crippen molar-refractivity contribution in [1.82, 2.24) is 24.7 Å². The van der Waals surface area contributed by atoms with Gasteiger partial charge in [-0.05, 0) is 24.7 Å². The first-order valence-electron chi connectivity index (χ1n) is 9.15. The van der Waals surface area contributed by atoms with Crippen LogP contribution in [0.15, 0.2) is 36.7 Å². The van der Waals surface area contributed by atoms with Gasteiger partial charge in [0.15, 0.2) is 0 Å². The second-order valence-electron chi connectivity index (χ2n) is 7.30. The third-order valence-electron chi connectivity index (χ3n) is 5.13. The van der Waals surface area contributed by atoms with Crippen LogP contribution in [0.3, 0.4) is 0 Å². The minimum absolute atomic E-state index is 0.105. The number of ether oxygens (including phenoxy) is 1. The largest absolute Gasteiger partial charge is 0.382 e. The lowest BCUT2D eigenvalue weighted by Gasteiger charge is -2.03. The zero-order valence-electron chi connectivity index (χ0n) is 15.5. The van der Waals surface area contributed by atoms with E-state index in [4.69, 9.17) is 15.5 Å². The molecule has 4 aromatic rings. The predicted molar refractivity (Wildman–Crippen MR) is 105 cm³/mol. The Morgan fingerprint density at radius 2 is 2.15 bits per heavy atom. The van der Waals surface area contributed by atoms with Crippen molar-refractivity contribution in [3.05, 3.63) is 48.0 Å². The topological polar surface area (TPSA) is 96.6 Å². The first kappa shape index (κ1) is 16.3. The van der Waals surface area contributed by atoms with Crippen LogP contribution in [-0.2, 0) is 4.74 Å². The number of epoxide rings is 1. The Morgan fingerprint density at radius 1 is 1.30 bits per heavy atom. The van der Waals surface area contributed by atoms with Crippen LogP contribution >= 0.6 is 0 Å². The minimum atomic E-state index is 0.105. The molecule has 1 fully saturated rings. The van der Waals surface area contributed by atoms with Crippen LogP contribution in [0.4, 0.5) is 5.82 Å². The highest BCUT2D eigenvalue weighted by atomic mass is 16.6. The number of likely N-dealkylation sites (N-methyl/N-ethyl adjacent to an activating group) is 1. The Balaban J connectivity index is 1.65. The molecule has 138 valence electrons. The molecule has 7 heteroatoms. The van der Waals surface area contributed by atoms with Crippen LogP contribution in [0, 0.1) is 0 Å². The third kappa shape index (κ3) is 2.50. The first-order valence-corrected chi connectivity index (χ1v) is 9.15. The van der Waals surface area contributed by atoms with E-state index >= 15 is 0 Å². The van der Waals surface area contributed by atoms with E-state index in [2.05, 4.69) is 53.4 Å². The van der Waals surface area contributed by atoms with E-state index in [9.17, 15) is 0 Å². The summed E-state index contributed by atoms with van der Waals surface area (Å²) in [7, 11) is 1.91. The molecule has 3 aromatic heterocycles. The van der Waals surface area contributed by atoms with Crippen LogP contribution in [0.5, 0.6) is 0 Å². The Kier molecular flexibility index (Phi) is 3.50. The van der Waals surface area contributed by atoms with Crippen LogP contribution in [0.2, 0.25) is 0 Å². The van der Waals surface area contributed by atoms with Crippen molar-refractivity contribution in [2.24, 2.45) is 0 Å². The molecule has 0 bridgehead atoms. The van der Waals surface area contributed by atoms with Crippen molar-refractivity contribution in [1.29, 1.82) is 0 Å². The maximum absolute atomic E-state index is 6.20. The molecule has 1 aromatic carbocycles. The number of imidazole rings is 1. The van der Waals surface area contributed by atoms with Gasteiger partial charge in [-0.25, -0.2) is 9.97 Å². The van der Waals surface area contributed by atoms with E-state index in [1.54, 1.807) is 6.20 Å². The average Bonchev–Trinajstić information content (AvgIpc) is 3.15. The number of anilines is 1. The number of fused-ring (bicyclic) bond motifs is 2. The summed E-state index contributed by atoms with van der Waals surface area (Å²) in [6, 6.07) is 8.48. The molecule has 0 spiro atoms. The van der Waals surface area contributed by atoms with Gasteiger partial charge in [-0.15, -0.1) is 0 Å². The summed E-state index contributed by atoms with van der Waals surface area (Å²) in [4.78, 5) is 12.7. The number of hydrogen-bond donors (Lipinski definition) is 3. The molecule has 4 heterocycles. The number of hydrogen-bond acceptors (Lipinski definition) is 5. The molecule has 0 aliphatic carbocycles. The second-order valence-corrected chi connectivity index (χ2v) is 7.30. The third-order valence-corrected chi connectivity index (χ3v) is 5.13. The molecule has 2 atom stereocenters. The number of benzene rings is 1. The van der Waals surface area contributed by atoms with Crippen LogP contribution < -0.4 is 11.1 Å². The van der Waals surface area contributed by atoms with E-state index in [-0.39, 0.29) is 18.2 Å². The Hall–Kier alpha value is -2.90. The number of H-pyrrole nitrogens is 1. The summed E-state index contributed by atoms with van der Waals surface area (Å²) in [5.74, 6) is 1.72. The highest BCUT2D eigenvalue weighted by Crippen LogP contribution is 2.38. The van der Waals surface area contributed by atoms with Gasteiger partial charge >= 0.3 is 0 Å². The molecular formula is C20H22N6O. The molecule has 1 aliphatic rings. The van der Waals surface area contributed by atoms with Crippen molar-refractivity contribution in [2.45, 2.75) is 32.1 Å². The number of aromatic amines is 1. The molecule has 2 unspecified atom stereocenters. The lowest BCUT2D eigenvalue weighted by Crippen LogP contribution is -2.10. The highest BCUT2D eigenvalue weighted by molar-refractivity contribution is 5.91. The number of rotatable bonds is 4. The van der Waals surface area contributed by atoms with Crippen molar-refractivity contribution in [3.8, 4) is 11.4 Å². The normalized spacial score (nSPS) is 19.4. The van der Waals surface area contributed by atoms with Crippen molar-refractivity contribution in [2.75, 3.05) is 12.8 Å². The lowest BCUT2D eigenvalue weighted by atomic mass is 10.1. The van der Waals surface area contributed by atoms with Crippen LogP contribution in [-0.4, -0.2) is 32.6 Å². The molecule has 0 radical (unpaired) electrons. The molecule has 1 aliphatic heterocycles.